The molecule has 1 amide bonds. The Labute approximate surface area is 89.6 Å². The molecule has 0 aliphatic carbocycles. The van der Waals surface area contributed by atoms with Crippen molar-refractivity contribution in [2.75, 3.05) is 0 Å². The average molecular weight is 223 g/mol. The Bertz CT molecular complexity index is 467. The van der Waals surface area contributed by atoms with E-state index < -0.39 is 11.0 Å². The summed E-state index contributed by atoms with van der Waals surface area (Å²) >= 11 is 0. The van der Waals surface area contributed by atoms with Gasteiger partial charge >= 0.3 is 5.97 Å². The van der Waals surface area contributed by atoms with Gasteiger partial charge in [0.05, 0.1) is 10.5 Å². The first kappa shape index (κ1) is 10.0. The zero-order valence-electron chi connectivity index (χ0n) is 8.10. The van der Waals surface area contributed by atoms with Gasteiger partial charge in [-0.05, 0) is 12.1 Å². The van der Waals surface area contributed by atoms with Crippen LogP contribution in [0.2, 0.25) is 0 Å². The Kier molecular flexibility index (Phi) is 2.64. The van der Waals surface area contributed by atoms with Crippen LogP contribution in [0.4, 0.5) is 0 Å². The smallest absolute Gasteiger partial charge is 0.318 e. The molecule has 0 fully saturated rings. The fourth-order valence-electron chi connectivity index (χ4n) is 1.18. The minimum absolute atomic E-state index is 0.287. The van der Waals surface area contributed by atoms with Crippen molar-refractivity contribution < 1.29 is 13.8 Å². The van der Waals surface area contributed by atoms with Crippen LogP contribution in [0.15, 0.2) is 33.5 Å². The first-order chi connectivity index (χ1) is 7.22. The van der Waals surface area contributed by atoms with Gasteiger partial charge in [-0.3, -0.25) is 9.59 Å². The third-order valence-electron chi connectivity index (χ3n) is 1.93. The molecule has 0 spiro atoms. The molecule has 0 aromatic heterocycles. The van der Waals surface area contributed by atoms with Gasteiger partial charge in [0.25, 0.3) is 5.91 Å². The first-order valence-electron chi connectivity index (χ1n) is 4.53. The molecule has 5 heteroatoms. The first-order valence-corrected chi connectivity index (χ1v) is 5.63. The fraction of sp³-hybridized carbons (Fsp3) is 0.200. The maximum Gasteiger partial charge on any atom is 0.318 e. The third kappa shape index (κ3) is 1.83. The molecular weight excluding hydrogens is 214 g/mol. The van der Waals surface area contributed by atoms with Crippen LogP contribution in [-0.2, 0) is 19.9 Å². The molecule has 4 nitrogen and oxygen atoms in total. The Hall–Kier alpha value is -1.49. The van der Waals surface area contributed by atoms with E-state index >= 15 is 0 Å². The largest absolute Gasteiger partial charge is 0.377 e. The molecule has 1 atom stereocenters. The maximum absolute atomic E-state index is 11.4. The van der Waals surface area contributed by atoms with Gasteiger partial charge in [0, 0.05) is 6.42 Å². The van der Waals surface area contributed by atoms with Crippen molar-refractivity contribution in [1.82, 2.24) is 0 Å². The molecule has 0 saturated carbocycles. The zero-order chi connectivity index (χ0) is 10.8. The van der Waals surface area contributed by atoms with E-state index in [4.69, 9.17) is 4.18 Å². The third-order valence-corrected chi connectivity index (χ3v) is 3.34. The van der Waals surface area contributed by atoms with Crippen LogP contribution in [-0.4, -0.2) is 11.9 Å². The van der Waals surface area contributed by atoms with E-state index in [9.17, 15) is 9.59 Å². The molecule has 1 aliphatic heterocycles. The van der Waals surface area contributed by atoms with Crippen molar-refractivity contribution in [2.24, 2.45) is 4.36 Å². The Morgan fingerprint density at radius 1 is 1.47 bits per heavy atom. The molecule has 78 valence electrons. The van der Waals surface area contributed by atoms with Crippen LogP contribution in [0.5, 0.6) is 0 Å². The number of benzene rings is 1. The number of amides is 1. The van der Waals surface area contributed by atoms with Crippen molar-refractivity contribution in [1.29, 1.82) is 0 Å². The van der Waals surface area contributed by atoms with Crippen LogP contribution >= 0.6 is 0 Å². The van der Waals surface area contributed by atoms with Gasteiger partial charge in [-0.1, -0.05) is 19.1 Å². The number of nitrogens with zero attached hydrogens (tertiary/aromatic N) is 1. The molecule has 0 saturated heterocycles. The van der Waals surface area contributed by atoms with E-state index in [0.29, 0.717) is 10.5 Å². The number of hydrogen-bond acceptors (Lipinski definition) is 3. The number of fused-ring (bicyclic) bond motifs is 1. The van der Waals surface area contributed by atoms with Crippen LogP contribution in [0.1, 0.15) is 23.7 Å². The predicted molar refractivity (Wildman–Crippen MR) is 55.2 cm³/mol. The van der Waals surface area contributed by atoms with Gasteiger partial charge in [-0.25, -0.2) is 0 Å². The second kappa shape index (κ2) is 3.94. The van der Waals surface area contributed by atoms with E-state index in [1.807, 2.05) is 0 Å². The molecule has 1 unspecified atom stereocenters. The Balaban J connectivity index is 2.33. The van der Waals surface area contributed by atoms with E-state index in [0.717, 1.165) is 0 Å². The quantitative estimate of drug-likeness (QED) is 0.769. The Morgan fingerprint density at radius 3 is 2.93 bits per heavy atom. The summed E-state index contributed by atoms with van der Waals surface area (Å²) in [5.41, 5.74) is 0.532. The molecule has 1 aromatic carbocycles. The maximum atomic E-state index is 11.4. The van der Waals surface area contributed by atoms with Crippen molar-refractivity contribution in [3.05, 3.63) is 29.8 Å². The highest BCUT2D eigenvalue weighted by Gasteiger charge is 2.24. The second-order valence-electron chi connectivity index (χ2n) is 2.95. The molecule has 0 radical (unpaired) electrons. The minimum atomic E-state index is -1.04. The molecular formula is C10H9NO3S. The summed E-state index contributed by atoms with van der Waals surface area (Å²) in [6.07, 6.45) is 0.287. The lowest BCUT2D eigenvalue weighted by Crippen LogP contribution is -2.04. The molecule has 1 aliphatic rings. The number of carbonyl (C=O) groups is 2. The summed E-state index contributed by atoms with van der Waals surface area (Å²) in [4.78, 5) is 23.2. The summed E-state index contributed by atoms with van der Waals surface area (Å²) in [6, 6.07) is 7.01. The van der Waals surface area contributed by atoms with Crippen molar-refractivity contribution in [3.8, 4) is 0 Å². The van der Waals surface area contributed by atoms with E-state index in [1.54, 1.807) is 31.2 Å². The van der Waals surface area contributed by atoms with Crippen molar-refractivity contribution in [3.63, 3.8) is 0 Å². The van der Waals surface area contributed by atoms with Crippen molar-refractivity contribution >= 4 is 22.8 Å². The highest BCUT2D eigenvalue weighted by Crippen LogP contribution is 2.24. The predicted octanol–water partition coefficient (Wildman–Crippen LogP) is 1.87. The highest BCUT2D eigenvalue weighted by molar-refractivity contribution is 7.83. The summed E-state index contributed by atoms with van der Waals surface area (Å²) < 4.78 is 8.85. The lowest BCUT2D eigenvalue weighted by atomic mass is 10.2. The zero-order valence-corrected chi connectivity index (χ0v) is 8.91. The summed E-state index contributed by atoms with van der Waals surface area (Å²) in [7, 11) is -1.04. The van der Waals surface area contributed by atoms with E-state index in [-0.39, 0.29) is 18.3 Å². The molecule has 0 N–H and O–H groups in total. The topological polar surface area (TPSA) is 55.7 Å². The minimum Gasteiger partial charge on any atom is -0.377 e. The number of hydrogen-bond donors (Lipinski definition) is 0. The monoisotopic (exact) mass is 223 g/mol. The molecule has 2 rings (SSSR count). The SMILES string of the molecule is CCC(=O)OS1=NC(=O)c2ccccc21. The van der Waals surface area contributed by atoms with Crippen LogP contribution < -0.4 is 0 Å². The Morgan fingerprint density at radius 2 is 2.20 bits per heavy atom. The van der Waals surface area contributed by atoms with Gasteiger partial charge < -0.3 is 4.18 Å². The fourth-order valence-corrected chi connectivity index (χ4v) is 2.49. The normalized spacial score (nSPS) is 18.2. The summed E-state index contributed by atoms with van der Waals surface area (Å²) in [5, 5.41) is 0. The van der Waals surface area contributed by atoms with Gasteiger partial charge in [-0.15, -0.1) is 4.36 Å². The van der Waals surface area contributed by atoms with Gasteiger partial charge in [-0.2, -0.15) is 0 Å². The van der Waals surface area contributed by atoms with Crippen molar-refractivity contribution in [2.45, 2.75) is 18.2 Å². The van der Waals surface area contributed by atoms with E-state index in [2.05, 4.69) is 4.36 Å². The lowest BCUT2D eigenvalue weighted by molar-refractivity contribution is -0.132. The van der Waals surface area contributed by atoms with Gasteiger partial charge in [0.2, 0.25) is 0 Å². The number of rotatable bonds is 2. The summed E-state index contributed by atoms with van der Waals surface area (Å²) in [5.74, 6) is -0.649. The van der Waals surface area contributed by atoms with Crippen LogP contribution in [0, 0.1) is 0 Å². The lowest BCUT2D eigenvalue weighted by Gasteiger charge is -2.02. The molecule has 15 heavy (non-hydrogen) atoms. The van der Waals surface area contributed by atoms with Gasteiger partial charge in [0.15, 0.2) is 0 Å². The van der Waals surface area contributed by atoms with Gasteiger partial charge in [0.1, 0.15) is 11.0 Å². The van der Waals surface area contributed by atoms with E-state index in [1.165, 1.54) is 0 Å². The van der Waals surface area contributed by atoms with Crippen LogP contribution in [0.25, 0.3) is 0 Å². The second-order valence-corrected chi connectivity index (χ2v) is 4.24. The molecule has 1 heterocycles. The molecule has 0 bridgehead atoms. The number of carbonyl (C=O) groups excluding carboxylic acids is 2. The average Bonchev–Trinajstić information content (AvgIpc) is 2.57. The summed E-state index contributed by atoms with van der Waals surface area (Å²) in [6.45, 7) is 1.70. The standard InChI is InChI=1S/C10H9NO3S/c1-2-9(12)14-15-8-6-4-3-5-7(8)10(13)11-15/h3-6H,2H2,1H3. The molecule has 1 aromatic rings. The van der Waals surface area contributed by atoms with Crippen LogP contribution in [0.3, 0.4) is 0 Å². The highest BCUT2D eigenvalue weighted by atomic mass is 32.2.